The predicted octanol–water partition coefficient (Wildman–Crippen LogP) is 14.6. The molecule has 0 spiro atoms. The second kappa shape index (κ2) is 14.3. The van der Waals surface area contributed by atoms with E-state index in [1.807, 2.05) is 0 Å². The van der Waals surface area contributed by atoms with Crippen LogP contribution in [0.4, 0.5) is 17.1 Å². The molecule has 53 heavy (non-hydrogen) atoms. The fourth-order valence-electron chi connectivity index (χ4n) is 7.37. The lowest BCUT2D eigenvalue weighted by Gasteiger charge is -2.30. The molecule has 250 valence electrons. The lowest BCUT2D eigenvalue weighted by Crippen LogP contribution is -2.12. The van der Waals surface area contributed by atoms with E-state index < -0.39 is 0 Å². The minimum atomic E-state index is 1.09. The third-order valence-electron chi connectivity index (χ3n) is 10.1. The molecule has 9 aromatic carbocycles. The first-order valence-electron chi connectivity index (χ1n) is 18.2. The van der Waals surface area contributed by atoms with Gasteiger partial charge < -0.3 is 4.90 Å². The van der Waals surface area contributed by atoms with Crippen LogP contribution in [0.15, 0.2) is 224 Å². The fourth-order valence-corrected chi connectivity index (χ4v) is 7.37. The van der Waals surface area contributed by atoms with Crippen LogP contribution in [0.1, 0.15) is 0 Å². The third-order valence-corrected chi connectivity index (χ3v) is 10.1. The Labute approximate surface area is 311 Å². The van der Waals surface area contributed by atoms with Crippen LogP contribution in [0, 0.1) is 0 Å². The van der Waals surface area contributed by atoms with Crippen LogP contribution in [0.3, 0.4) is 0 Å². The topological polar surface area (TPSA) is 3.24 Å². The van der Waals surface area contributed by atoms with Crippen molar-refractivity contribution in [2.75, 3.05) is 4.90 Å². The molecule has 0 aromatic heterocycles. The van der Waals surface area contributed by atoms with Crippen molar-refractivity contribution in [3.8, 4) is 55.6 Å². The first kappa shape index (κ1) is 32.0. The zero-order valence-corrected chi connectivity index (χ0v) is 29.3. The van der Waals surface area contributed by atoms with Crippen molar-refractivity contribution in [1.29, 1.82) is 0 Å². The van der Waals surface area contributed by atoms with Gasteiger partial charge in [-0.05, 0) is 91.7 Å². The van der Waals surface area contributed by atoms with E-state index in [2.05, 4.69) is 229 Å². The summed E-state index contributed by atoms with van der Waals surface area (Å²) in [6, 6.07) is 80.8. The Kier molecular flexibility index (Phi) is 8.66. The van der Waals surface area contributed by atoms with Gasteiger partial charge in [0.1, 0.15) is 0 Å². The van der Waals surface area contributed by atoms with Crippen molar-refractivity contribution in [3.05, 3.63) is 224 Å². The minimum Gasteiger partial charge on any atom is -0.309 e. The van der Waals surface area contributed by atoms with Crippen LogP contribution in [0.2, 0.25) is 0 Å². The van der Waals surface area contributed by atoms with Gasteiger partial charge in [-0.15, -0.1) is 0 Å². The van der Waals surface area contributed by atoms with Crippen LogP contribution < -0.4 is 4.90 Å². The number of rotatable bonds is 8. The predicted molar refractivity (Wildman–Crippen MR) is 226 cm³/mol. The second-order valence-corrected chi connectivity index (χ2v) is 13.4. The van der Waals surface area contributed by atoms with Gasteiger partial charge in [-0.1, -0.05) is 188 Å². The van der Waals surface area contributed by atoms with Crippen molar-refractivity contribution >= 4 is 27.8 Å². The van der Waals surface area contributed by atoms with Crippen LogP contribution in [-0.2, 0) is 0 Å². The lowest BCUT2D eigenvalue weighted by molar-refractivity contribution is 1.28. The first-order chi connectivity index (χ1) is 26.3. The highest BCUT2D eigenvalue weighted by Crippen LogP contribution is 2.45. The van der Waals surface area contributed by atoms with Crippen LogP contribution in [-0.4, -0.2) is 0 Å². The Morgan fingerprint density at radius 3 is 1.28 bits per heavy atom. The quantitative estimate of drug-likeness (QED) is 0.155. The summed E-state index contributed by atoms with van der Waals surface area (Å²) in [6.45, 7) is 0. The molecule has 0 unspecified atom stereocenters. The zero-order valence-electron chi connectivity index (χ0n) is 29.3. The van der Waals surface area contributed by atoms with E-state index >= 15 is 0 Å². The highest BCUT2D eigenvalue weighted by molar-refractivity contribution is 5.94. The molecule has 0 atom stereocenters. The first-order valence-corrected chi connectivity index (χ1v) is 18.2. The summed E-state index contributed by atoms with van der Waals surface area (Å²) in [6.07, 6.45) is 0. The van der Waals surface area contributed by atoms with Gasteiger partial charge in [0.2, 0.25) is 0 Å². The van der Waals surface area contributed by atoms with E-state index in [1.165, 1.54) is 66.4 Å². The minimum absolute atomic E-state index is 1.09. The Bertz CT molecular complexity index is 2640. The van der Waals surface area contributed by atoms with Gasteiger partial charge in [0, 0.05) is 16.8 Å². The number of anilines is 3. The number of hydrogen-bond acceptors (Lipinski definition) is 1. The average Bonchev–Trinajstić information content (AvgIpc) is 3.25. The van der Waals surface area contributed by atoms with E-state index in [0.29, 0.717) is 0 Å². The molecule has 1 nitrogen and oxygen atoms in total. The van der Waals surface area contributed by atoms with Crippen LogP contribution in [0.5, 0.6) is 0 Å². The van der Waals surface area contributed by atoms with Gasteiger partial charge in [-0.3, -0.25) is 0 Å². The summed E-state index contributed by atoms with van der Waals surface area (Å²) in [5.74, 6) is 0. The van der Waals surface area contributed by atoms with E-state index in [-0.39, 0.29) is 0 Å². The highest BCUT2D eigenvalue weighted by atomic mass is 15.1. The monoisotopic (exact) mass is 675 g/mol. The van der Waals surface area contributed by atoms with Crippen molar-refractivity contribution in [1.82, 2.24) is 0 Å². The second-order valence-electron chi connectivity index (χ2n) is 13.4. The molecule has 9 rings (SSSR count). The highest BCUT2D eigenvalue weighted by Gasteiger charge is 2.20. The van der Waals surface area contributed by atoms with Crippen molar-refractivity contribution in [3.63, 3.8) is 0 Å². The fraction of sp³-hybridized carbons (Fsp3) is 0. The van der Waals surface area contributed by atoms with E-state index in [0.717, 1.165) is 17.1 Å². The molecular formula is C52H37N. The number of hydrogen-bond donors (Lipinski definition) is 0. The maximum atomic E-state index is 2.41. The van der Waals surface area contributed by atoms with Gasteiger partial charge in [-0.25, -0.2) is 0 Å². The smallest absolute Gasteiger partial charge is 0.0540 e. The molecular weight excluding hydrogens is 639 g/mol. The van der Waals surface area contributed by atoms with Gasteiger partial charge in [0.15, 0.2) is 0 Å². The van der Waals surface area contributed by atoms with Crippen molar-refractivity contribution in [2.45, 2.75) is 0 Å². The molecule has 0 fully saturated rings. The summed E-state index contributed by atoms with van der Waals surface area (Å²) in [5, 5.41) is 2.51. The molecule has 0 aliphatic carbocycles. The summed E-state index contributed by atoms with van der Waals surface area (Å²) in [7, 11) is 0. The largest absolute Gasteiger partial charge is 0.309 e. The Morgan fingerprint density at radius 1 is 0.226 bits per heavy atom. The molecule has 0 aliphatic heterocycles. The summed E-state index contributed by atoms with van der Waals surface area (Å²) < 4.78 is 0. The van der Waals surface area contributed by atoms with Crippen molar-refractivity contribution in [2.24, 2.45) is 0 Å². The molecule has 0 saturated heterocycles. The Hall–Kier alpha value is -6.96. The molecule has 9 aromatic rings. The van der Waals surface area contributed by atoms with Crippen LogP contribution in [0.25, 0.3) is 66.4 Å². The van der Waals surface area contributed by atoms with Crippen LogP contribution >= 0.6 is 0 Å². The summed E-state index contributed by atoms with van der Waals surface area (Å²) in [4.78, 5) is 2.41. The van der Waals surface area contributed by atoms with Gasteiger partial charge in [0.25, 0.3) is 0 Å². The molecule has 0 radical (unpaired) electrons. The molecule has 0 amide bonds. The average molecular weight is 676 g/mol. The number of nitrogens with zero attached hydrogens (tertiary/aromatic N) is 1. The Morgan fingerprint density at radius 2 is 0.623 bits per heavy atom. The Balaban J connectivity index is 1.14. The molecule has 0 N–H and O–H groups in total. The van der Waals surface area contributed by atoms with Gasteiger partial charge in [-0.2, -0.15) is 0 Å². The molecule has 0 bridgehead atoms. The molecule has 1 heteroatoms. The molecule has 0 aliphatic rings. The normalized spacial score (nSPS) is 11.0. The SMILES string of the molecule is c1ccc(-c2ccc(-c3ccccc3N(c3ccc(-c4cccc(-c5ccc6ccccc6c5)c4)cc3)c3ccccc3-c3ccccc3)cc2)cc1. The molecule has 0 saturated carbocycles. The maximum Gasteiger partial charge on any atom is 0.0540 e. The van der Waals surface area contributed by atoms with E-state index in [9.17, 15) is 0 Å². The maximum absolute atomic E-state index is 2.41. The number of fused-ring (bicyclic) bond motifs is 1. The standard InChI is InChI=1S/C52H37N/c1-3-14-38(15-4-1)40-26-29-43(30-27-40)50-23-10-12-25-52(50)53(51-24-11-9-22-49(51)42-17-5-2-6-18-42)48-34-32-41(33-35-48)45-20-13-21-46(36-45)47-31-28-39-16-7-8-19-44(39)37-47/h1-37H. The summed E-state index contributed by atoms with van der Waals surface area (Å²) >= 11 is 0. The van der Waals surface area contributed by atoms with E-state index in [4.69, 9.17) is 0 Å². The molecule has 0 heterocycles. The van der Waals surface area contributed by atoms with Gasteiger partial charge in [0.05, 0.1) is 11.4 Å². The third kappa shape index (κ3) is 6.53. The summed E-state index contributed by atoms with van der Waals surface area (Å²) in [5.41, 5.74) is 15.3. The van der Waals surface area contributed by atoms with Crippen molar-refractivity contribution < 1.29 is 0 Å². The lowest BCUT2D eigenvalue weighted by atomic mass is 9.96. The van der Waals surface area contributed by atoms with E-state index in [1.54, 1.807) is 0 Å². The number of benzene rings is 9. The zero-order chi connectivity index (χ0) is 35.4. The van der Waals surface area contributed by atoms with Gasteiger partial charge >= 0.3 is 0 Å². The number of para-hydroxylation sites is 2.